The first kappa shape index (κ1) is 17.7. The molecule has 1 aromatic carbocycles. The summed E-state index contributed by atoms with van der Waals surface area (Å²) in [4.78, 5) is 18.9. The highest BCUT2D eigenvalue weighted by molar-refractivity contribution is 5.78. The number of benzene rings is 1. The molecule has 1 aromatic rings. The summed E-state index contributed by atoms with van der Waals surface area (Å²) in [6.45, 7) is 9.92. The van der Waals surface area contributed by atoms with Crippen molar-refractivity contribution in [3.8, 4) is 0 Å². The molecule has 1 aliphatic rings. The van der Waals surface area contributed by atoms with E-state index in [2.05, 4.69) is 23.6 Å². The van der Waals surface area contributed by atoms with Gasteiger partial charge in [-0.15, -0.1) is 0 Å². The van der Waals surface area contributed by atoms with E-state index < -0.39 is 0 Å². The summed E-state index contributed by atoms with van der Waals surface area (Å²) in [6, 6.07) is 6.64. The smallest absolute Gasteiger partial charge is 0.236 e. The third kappa shape index (κ3) is 5.20. The van der Waals surface area contributed by atoms with Crippen LogP contribution < -0.4 is 4.90 Å². The molecule has 1 saturated heterocycles. The van der Waals surface area contributed by atoms with Gasteiger partial charge in [0.15, 0.2) is 0 Å². The van der Waals surface area contributed by atoms with Crippen LogP contribution in [0.5, 0.6) is 0 Å². The van der Waals surface area contributed by atoms with Crippen LogP contribution in [0.25, 0.3) is 0 Å². The lowest BCUT2D eigenvalue weighted by Gasteiger charge is -2.36. The van der Waals surface area contributed by atoms with E-state index in [0.29, 0.717) is 6.54 Å². The van der Waals surface area contributed by atoms with Gasteiger partial charge in [-0.1, -0.05) is 13.8 Å². The molecule has 0 N–H and O–H groups in total. The Hall–Kier alpha value is -1.62. The Morgan fingerprint density at radius 2 is 1.61 bits per heavy atom. The summed E-state index contributed by atoms with van der Waals surface area (Å²) in [6.07, 6.45) is 2.01. The van der Waals surface area contributed by atoms with Crippen molar-refractivity contribution in [3.63, 3.8) is 0 Å². The van der Waals surface area contributed by atoms with Gasteiger partial charge in [-0.2, -0.15) is 0 Å². The highest BCUT2D eigenvalue weighted by Crippen LogP contribution is 2.16. The maximum Gasteiger partial charge on any atom is 0.236 e. The van der Waals surface area contributed by atoms with Gasteiger partial charge in [0.25, 0.3) is 0 Å². The van der Waals surface area contributed by atoms with Crippen molar-refractivity contribution < 1.29 is 9.18 Å². The van der Waals surface area contributed by atoms with Gasteiger partial charge in [0.05, 0.1) is 6.54 Å². The Bertz CT molecular complexity index is 478. The molecule has 5 heteroatoms. The van der Waals surface area contributed by atoms with Crippen LogP contribution in [-0.2, 0) is 4.79 Å². The Kier molecular flexibility index (Phi) is 6.84. The van der Waals surface area contributed by atoms with Crippen LogP contribution in [0.4, 0.5) is 10.1 Å². The average molecular weight is 321 g/mol. The Morgan fingerprint density at radius 3 is 2.13 bits per heavy atom. The van der Waals surface area contributed by atoms with E-state index in [-0.39, 0.29) is 11.7 Å². The van der Waals surface area contributed by atoms with Gasteiger partial charge < -0.3 is 9.80 Å². The van der Waals surface area contributed by atoms with Crippen molar-refractivity contribution in [1.82, 2.24) is 9.80 Å². The molecule has 0 aromatic heterocycles. The highest BCUT2D eigenvalue weighted by Gasteiger charge is 2.21. The molecule has 2 rings (SSSR count). The minimum absolute atomic E-state index is 0.204. The van der Waals surface area contributed by atoms with Crippen molar-refractivity contribution in [1.29, 1.82) is 0 Å². The summed E-state index contributed by atoms with van der Waals surface area (Å²) in [5.41, 5.74) is 1.05. The molecule has 0 saturated carbocycles. The molecule has 1 aliphatic heterocycles. The van der Waals surface area contributed by atoms with Gasteiger partial charge in [0.1, 0.15) is 5.82 Å². The van der Waals surface area contributed by atoms with E-state index in [1.165, 1.54) is 12.1 Å². The molecule has 0 bridgehead atoms. The second-order valence-electron chi connectivity index (χ2n) is 6.12. The van der Waals surface area contributed by atoms with Crippen molar-refractivity contribution in [3.05, 3.63) is 30.1 Å². The van der Waals surface area contributed by atoms with Crippen molar-refractivity contribution >= 4 is 11.6 Å². The lowest BCUT2D eigenvalue weighted by atomic mass is 10.2. The van der Waals surface area contributed by atoms with Gasteiger partial charge in [0, 0.05) is 45.0 Å². The van der Waals surface area contributed by atoms with Gasteiger partial charge in [-0.3, -0.25) is 9.69 Å². The molecular weight excluding hydrogens is 293 g/mol. The number of carbonyl (C=O) groups is 1. The molecular formula is C18H28FN3O. The van der Waals surface area contributed by atoms with Gasteiger partial charge in [-0.25, -0.2) is 4.39 Å². The summed E-state index contributed by atoms with van der Waals surface area (Å²) in [7, 11) is 0. The topological polar surface area (TPSA) is 26.8 Å². The lowest BCUT2D eigenvalue weighted by molar-refractivity contribution is -0.132. The minimum Gasteiger partial charge on any atom is -0.369 e. The molecule has 1 amide bonds. The Balaban J connectivity index is 1.81. The molecule has 4 nitrogen and oxygen atoms in total. The summed E-state index contributed by atoms with van der Waals surface area (Å²) >= 11 is 0. The largest absolute Gasteiger partial charge is 0.369 e. The normalized spacial score (nSPS) is 15.7. The standard InChI is InChI=1S/C18H28FN3O/c1-3-9-22(10-4-2)18(23)15-20-11-13-21(14-12-20)17-7-5-16(19)6-8-17/h5-8H,3-4,9-15H2,1-2H3. The molecule has 23 heavy (non-hydrogen) atoms. The molecule has 0 atom stereocenters. The number of nitrogens with zero attached hydrogens (tertiary/aromatic N) is 3. The SMILES string of the molecule is CCCN(CCC)C(=O)CN1CCN(c2ccc(F)cc2)CC1. The summed E-state index contributed by atoms with van der Waals surface area (Å²) in [5.74, 6) is 0.0360. The zero-order valence-electron chi connectivity index (χ0n) is 14.3. The second-order valence-corrected chi connectivity index (χ2v) is 6.12. The second kappa shape index (κ2) is 8.87. The first-order chi connectivity index (χ1) is 11.1. The number of hydrogen-bond donors (Lipinski definition) is 0. The van der Waals surface area contributed by atoms with Crippen molar-refractivity contribution in [2.45, 2.75) is 26.7 Å². The molecule has 0 aliphatic carbocycles. The van der Waals surface area contributed by atoms with Crippen molar-refractivity contribution in [2.24, 2.45) is 0 Å². The van der Waals surface area contributed by atoms with Gasteiger partial charge in [0.2, 0.25) is 5.91 Å². The fourth-order valence-corrected chi connectivity index (χ4v) is 3.01. The van der Waals surface area contributed by atoms with Crippen LogP contribution in [0.15, 0.2) is 24.3 Å². The molecule has 1 fully saturated rings. The van der Waals surface area contributed by atoms with Crippen LogP contribution >= 0.6 is 0 Å². The molecule has 0 unspecified atom stereocenters. The Labute approximate surface area is 138 Å². The third-order valence-electron chi connectivity index (χ3n) is 4.26. The minimum atomic E-state index is -0.204. The number of anilines is 1. The van der Waals surface area contributed by atoms with Crippen LogP contribution in [0.2, 0.25) is 0 Å². The van der Waals surface area contributed by atoms with Gasteiger partial charge >= 0.3 is 0 Å². The quantitative estimate of drug-likeness (QED) is 0.772. The van der Waals surface area contributed by atoms with E-state index in [9.17, 15) is 9.18 Å². The zero-order chi connectivity index (χ0) is 16.7. The summed E-state index contributed by atoms with van der Waals surface area (Å²) in [5, 5.41) is 0. The lowest BCUT2D eigenvalue weighted by Crippen LogP contribution is -2.50. The van der Waals surface area contributed by atoms with E-state index >= 15 is 0 Å². The maximum atomic E-state index is 13.0. The first-order valence-electron chi connectivity index (χ1n) is 8.64. The molecule has 1 heterocycles. The molecule has 0 radical (unpaired) electrons. The number of hydrogen-bond acceptors (Lipinski definition) is 3. The van der Waals surface area contributed by atoms with E-state index in [4.69, 9.17) is 0 Å². The van der Waals surface area contributed by atoms with E-state index in [1.54, 1.807) is 0 Å². The molecule has 0 spiro atoms. The van der Waals surface area contributed by atoms with Crippen LogP contribution in [-0.4, -0.2) is 61.5 Å². The Morgan fingerprint density at radius 1 is 1.04 bits per heavy atom. The number of rotatable bonds is 7. The predicted molar refractivity (Wildman–Crippen MR) is 92.2 cm³/mol. The van der Waals surface area contributed by atoms with Gasteiger partial charge in [-0.05, 0) is 37.1 Å². The number of amides is 1. The highest BCUT2D eigenvalue weighted by atomic mass is 19.1. The van der Waals surface area contributed by atoms with Crippen LogP contribution in [0.1, 0.15) is 26.7 Å². The average Bonchev–Trinajstić information content (AvgIpc) is 2.56. The number of carbonyl (C=O) groups excluding carboxylic acids is 1. The fourth-order valence-electron chi connectivity index (χ4n) is 3.01. The fraction of sp³-hybridized carbons (Fsp3) is 0.611. The van der Waals surface area contributed by atoms with E-state index in [1.807, 2.05) is 17.0 Å². The first-order valence-corrected chi connectivity index (χ1v) is 8.64. The van der Waals surface area contributed by atoms with Crippen molar-refractivity contribution in [2.75, 3.05) is 50.7 Å². The van der Waals surface area contributed by atoms with E-state index in [0.717, 1.165) is 57.8 Å². The molecule has 128 valence electrons. The summed E-state index contributed by atoms with van der Waals surface area (Å²) < 4.78 is 13.0. The van der Waals surface area contributed by atoms with Crippen LogP contribution in [0.3, 0.4) is 0 Å². The van der Waals surface area contributed by atoms with Crippen LogP contribution in [0, 0.1) is 5.82 Å². The third-order valence-corrected chi connectivity index (χ3v) is 4.26. The number of piperazine rings is 1. The zero-order valence-corrected chi connectivity index (χ0v) is 14.3. The monoisotopic (exact) mass is 321 g/mol. The predicted octanol–water partition coefficient (Wildman–Crippen LogP) is 2.60. The maximum absolute atomic E-state index is 13.0. The number of halogens is 1.